The molecule has 3 rings (SSSR count). The minimum absolute atomic E-state index is 0.0770. The predicted molar refractivity (Wildman–Crippen MR) is 108 cm³/mol. The lowest BCUT2D eigenvalue weighted by molar-refractivity contribution is 0.0722. The zero-order chi connectivity index (χ0) is 20.1. The molecule has 7 heteroatoms. The number of fused-ring (bicyclic) bond motifs is 1. The number of amides is 2. The largest absolute Gasteiger partial charge is 0.490 e. The number of hydrogen-bond donors (Lipinski definition) is 2. The number of aliphatic hydroxyl groups is 1. The van der Waals surface area contributed by atoms with Crippen molar-refractivity contribution in [2.24, 2.45) is 0 Å². The van der Waals surface area contributed by atoms with Gasteiger partial charge in [-0.1, -0.05) is 41.6 Å². The second-order valence-electron chi connectivity index (χ2n) is 6.94. The molecule has 0 radical (unpaired) electrons. The van der Waals surface area contributed by atoms with Gasteiger partial charge in [0.25, 0.3) is 0 Å². The molecule has 0 saturated heterocycles. The number of carbonyl (C=O) groups is 1. The van der Waals surface area contributed by atoms with Gasteiger partial charge in [0.2, 0.25) is 0 Å². The first kappa shape index (κ1) is 19.7. The molecule has 0 aliphatic rings. The van der Waals surface area contributed by atoms with Crippen LogP contribution in [0, 0.1) is 6.92 Å². The summed E-state index contributed by atoms with van der Waals surface area (Å²) >= 11 is 0. The fourth-order valence-electron chi connectivity index (χ4n) is 2.92. The molecule has 148 valence electrons. The molecule has 0 bridgehead atoms. The third kappa shape index (κ3) is 4.80. The fraction of sp³-hybridized carbons (Fsp3) is 0.333. The number of ether oxygens (including phenoxy) is 1. The van der Waals surface area contributed by atoms with E-state index in [1.807, 2.05) is 56.3 Å². The van der Waals surface area contributed by atoms with Crippen LogP contribution in [0.4, 0.5) is 10.6 Å². The summed E-state index contributed by atoms with van der Waals surface area (Å²) in [5.41, 5.74) is 0. The molecular formula is C21H25N3O4. The van der Waals surface area contributed by atoms with Crippen LogP contribution in [-0.2, 0) is 0 Å². The first-order chi connectivity index (χ1) is 13.4. The molecule has 0 aliphatic heterocycles. The number of rotatable bonds is 7. The van der Waals surface area contributed by atoms with Crippen LogP contribution in [0.2, 0.25) is 0 Å². The normalized spacial score (nSPS) is 12.2. The number of aliphatic hydroxyl groups excluding tert-OH is 1. The van der Waals surface area contributed by atoms with Crippen LogP contribution in [0.25, 0.3) is 10.8 Å². The lowest BCUT2D eigenvalue weighted by Gasteiger charge is -2.28. The monoisotopic (exact) mass is 383 g/mol. The molecule has 2 aromatic carbocycles. The van der Waals surface area contributed by atoms with Gasteiger partial charge in [-0.3, -0.25) is 5.32 Å². The van der Waals surface area contributed by atoms with E-state index in [1.165, 1.54) is 4.90 Å². The number of nitrogens with one attached hydrogen (secondary N) is 1. The summed E-state index contributed by atoms with van der Waals surface area (Å²) in [7, 11) is 0. The Morgan fingerprint density at radius 3 is 2.71 bits per heavy atom. The molecule has 2 amide bonds. The molecule has 0 fully saturated rings. The summed E-state index contributed by atoms with van der Waals surface area (Å²) in [4.78, 5) is 14.1. The van der Waals surface area contributed by atoms with Crippen LogP contribution in [-0.4, -0.2) is 46.5 Å². The van der Waals surface area contributed by atoms with Crippen molar-refractivity contribution < 1.29 is 19.2 Å². The van der Waals surface area contributed by atoms with Crippen molar-refractivity contribution >= 4 is 22.6 Å². The summed E-state index contributed by atoms with van der Waals surface area (Å²) < 4.78 is 10.8. The Labute approximate surface area is 163 Å². The smallest absolute Gasteiger partial charge is 0.323 e. The summed E-state index contributed by atoms with van der Waals surface area (Å²) in [6.07, 6.45) is -0.842. The maximum absolute atomic E-state index is 12.5. The van der Waals surface area contributed by atoms with E-state index >= 15 is 0 Å². The van der Waals surface area contributed by atoms with Crippen LogP contribution in [0.15, 0.2) is 53.1 Å². The maximum atomic E-state index is 12.5. The quantitative estimate of drug-likeness (QED) is 0.648. The molecule has 0 unspecified atom stereocenters. The fourth-order valence-corrected chi connectivity index (χ4v) is 2.92. The van der Waals surface area contributed by atoms with Crippen molar-refractivity contribution in [1.29, 1.82) is 0 Å². The van der Waals surface area contributed by atoms with Gasteiger partial charge in [0.1, 0.15) is 24.2 Å². The molecule has 0 saturated carbocycles. The molecule has 28 heavy (non-hydrogen) atoms. The topological polar surface area (TPSA) is 87.8 Å². The zero-order valence-electron chi connectivity index (χ0n) is 16.3. The Balaban J connectivity index is 1.60. The van der Waals surface area contributed by atoms with Gasteiger partial charge < -0.3 is 19.3 Å². The van der Waals surface area contributed by atoms with E-state index < -0.39 is 6.10 Å². The number of urea groups is 1. The summed E-state index contributed by atoms with van der Waals surface area (Å²) in [5.74, 6) is 1.65. The number of hydrogen-bond acceptors (Lipinski definition) is 5. The van der Waals surface area contributed by atoms with E-state index in [9.17, 15) is 9.90 Å². The van der Waals surface area contributed by atoms with Crippen molar-refractivity contribution in [1.82, 2.24) is 10.1 Å². The zero-order valence-corrected chi connectivity index (χ0v) is 16.3. The predicted octanol–water partition coefficient (Wildman–Crippen LogP) is 3.82. The van der Waals surface area contributed by atoms with Crippen LogP contribution < -0.4 is 10.1 Å². The standard InChI is InChI=1S/C21H25N3O4/c1-14(2)24(21(26)22-20-11-15(3)28-23-20)12-17(25)13-27-19-10-6-8-16-7-4-5-9-18(16)19/h4-11,14,17,25H,12-13H2,1-3H3,(H,22,23,26)/t17-/m1/s1. The molecule has 3 aromatic rings. The van der Waals surface area contributed by atoms with Gasteiger partial charge in [-0.05, 0) is 32.2 Å². The van der Waals surface area contributed by atoms with Crippen LogP contribution in [0.5, 0.6) is 5.75 Å². The van der Waals surface area contributed by atoms with E-state index in [0.29, 0.717) is 17.3 Å². The van der Waals surface area contributed by atoms with Gasteiger partial charge in [0, 0.05) is 17.5 Å². The second kappa shape index (κ2) is 8.75. The van der Waals surface area contributed by atoms with Gasteiger partial charge in [-0.25, -0.2) is 4.79 Å². The molecule has 1 aromatic heterocycles. The molecule has 1 heterocycles. The lowest BCUT2D eigenvalue weighted by atomic mass is 10.1. The molecule has 2 N–H and O–H groups in total. The first-order valence-corrected chi connectivity index (χ1v) is 9.23. The minimum atomic E-state index is -0.842. The number of anilines is 1. The number of benzene rings is 2. The van der Waals surface area contributed by atoms with Crippen molar-refractivity contribution in [3.8, 4) is 5.75 Å². The Hall–Kier alpha value is -3.06. The van der Waals surface area contributed by atoms with E-state index in [4.69, 9.17) is 9.26 Å². The number of nitrogens with zero attached hydrogens (tertiary/aromatic N) is 2. The highest BCUT2D eigenvalue weighted by Gasteiger charge is 2.22. The van der Waals surface area contributed by atoms with Crippen molar-refractivity contribution in [3.63, 3.8) is 0 Å². The molecule has 0 aliphatic carbocycles. The average Bonchev–Trinajstić information content (AvgIpc) is 3.08. The lowest BCUT2D eigenvalue weighted by Crippen LogP contribution is -2.45. The Bertz CT molecular complexity index is 933. The van der Waals surface area contributed by atoms with Gasteiger partial charge in [-0.2, -0.15) is 0 Å². The van der Waals surface area contributed by atoms with Crippen molar-refractivity contribution in [3.05, 3.63) is 54.3 Å². The van der Waals surface area contributed by atoms with Crippen LogP contribution in [0.3, 0.4) is 0 Å². The Morgan fingerprint density at radius 1 is 1.25 bits per heavy atom. The highest BCUT2D eigenvalue weighted by Crippen LogP contribution is 2.25. The molecule has 7 nitrogen and oxygen atoms in total. The summed E-state index contributed by atoms with van der Waals surface area (Å²) in [6, 6.07) is 14.9. The Kier molecular flexibility index (Phi) is 6.16. The van der Waals surface area contributed by atoms with Crippen molar-refractivity contribution in [2.45, 2.75) is 32.9 Å². The molecule has 1 atom stereocenters. The number of aryl methyl sites for hydroxylation is 1. The highest BCUT2D eigenvalue weighted by molar-refractivity contribution is 5.89. The van der Waals surface area contributed by atoms with Gasteiger partial charge in [0.15, 0.2) is 5.82 Å². The van der Waals surface area contributed by atoms with E-state index in [-0.39, 0.29) is 25.2 Å². The van der Waals surface area contributed by atoms with E-state index in [1.54, 1.807) is 13.0 Å². The summed E-state index contributed by atoms with van der Waals surface area (Å²) in [5, 5.41) is 18.9. The van der Waals surface area contributed by atoms with Crippen LogP contribution in [0.1, 0.15) is 19.6 Å². The SMILES string of the molecule is Cc1cc(NC(=O)N(C[C@@H](O)COc2cccc3ccccc23)C(C)C)no1. The second-order valence-corrected chi connectivity index (χ2v) is 6.94. The van der Waals surface area contributed by atoms with Crippen LogP contribution >= 0.6 is 0 Å². The number of aromatic nitrogens is 1. The molecular weight excluding hydrogens is 358 g/mol. The van der Waals surface area contributed by atoms with E-state index in [2.05, 4.69) is 10.5 Å². The van der Waals surface area contributed by atoms with Crippen molar-refractivity contribution in [2.75, 3.05) is 18.5 Å². The Morgan fingerprint density at radius 2 is 2.00 bits per heavy atom. The third-order valence-electron chi connectivity index (χ3n) is 4.34. The van der Waals surface area contributed by atoms with Gasteiger partial charge in [0.05, 0.1) is 6.54 Å². The van der Waals surface area contributed by atoms with Gasteiger partial charge in [-0.15, -0.1) is 0 Å². The average molecular weight is 383 g/mol. The minimum Gasteiger partial charge on any atom is -0.490 e. The summed E-state index contributed by atoms with van der Waals surface area (Å²) in [6.45, 7) is 5.72. The maximum Gasteiger partial charge on any atom is 0.323 e. The van der Waals surface area contributed by atoms with E-state index in [0.717, 1.165) is 10.8 Å². The van der Waals surface area contributed by atoms with Gasteiger partial charge >= 0.3 is 6.03 Å². The first-order valence-electron chi connectivity index (χ1n) is 9.23. The number of carbonyl (C=O) groups excluding carboxylic acids is 1. The highest BCUT2D eigenvalue weighted by atomic mass is 16.5. The third-order valence-corrected chi connectivity index (χ3v) is 4.34. The molecule has 0 spiro atoms.